The number of benzene rings is 1. The van der Waals surface area contributed by atoms with E-state index in [4.69, 9.17) is 17.3 Å². The Morgan fingerprint density at radius 2 is 2.28 bits per heavy atom. The quantitative estimate of drug-likeness (QED) is 0.902. The van der Waals surface area contributed by atoms with Gasteiger partial charge in [-0.2, -0.15) is 0 Å². The van der Waals surface area contributed by atoms with Crippen LogP contribution in [0, 0.1) is 0 Å². The molecule has 2 N–H and O–H groups in total. The molecule has 1 aromatic carbocycles. The van der Waals surface area contributed by atoms with Crippen LogP contribution in [0.25, 0.3) is 0 Å². The molecule has 1 fully saturated rings. The van der Waals surface area contributed by atoms with E-state index in [0.29, 0.717) is 6.04 Å². The molecule has 0 aromatic heterocycles. The molecule has 0 radical (unpaired) electrons. The first kappa shape index (κ1) is 13.7. The highest BCUT2D eigenvalue weighted by molar-refractivity contribution is 6.30. The number of nitrogens with two attached hydrogens (primary N) is 1. The van der Waals surface area contributed by atoms with Crippen molar-refractivity contribution >= 4 is 17.3 Å². The normalized spacial score (nSPS) is 21.3. The minimum atomic E-state index is 0.188. The number of nitrogens with zero attached hydrogens (tertiary/aromatic N) is 1. The largest absolute Gasteiger partial charge is 0.368 e. The molecule has 3 heteroatoms. The van der Waals surface area contributed by atoms with Crippen LogP contribution in [0.15, 0.2) is 18.2 Å². The number of anilines is 1. The summed E-state index contributed by atoms with van der Waals surface area (Å²) in [7, 11) is 0. The molecule has 0 aliphatic carbocycles. The first-order valence-corrected chi connectivity index (χ1v) is 7.30. The van der Waals surface area contributed by atoms with Crippen LogP contribution in [0.5, 0.6) is 0 Å². The summed E-state index contributed by atoms with van der Waals surface area (Å²) in [5.41, 5.74) is 8.57. The summed E-state index contributed by atoms with van der Waals surface area (Å²) in [6.45, 7) is 5.46. The Hall–Kier alpha value is -0.730. The van der Waals surface area contributed by atoms with E-state index in [-0.39, 0.29) is 6.04 Å². The molecular weight excluding hydrogens is 244 g/mol. The minimum absolute atomic E-state index is 0.188. The predicted octanol–water partition coefficient (Wildman–Crippen LogP) is 3.61. The maximum atomic E-state index is 6.16. The van der Waals surface area contributed by atoms with Crippen molar-refractivity contribution in [2.24, 2.45) is 5.73 Å². The molecule has 0 saturated carbocycles. The van der Waals surface area contributed by atoms with Gasteiger partial charge in [-0.1, -0.05) is 24.6 Å². The molecule has 1 aromatic rings. The van der Waals surface area contributed by atoms with Gasteiger partial charge in [-0.15, -0.1) is 0 Å². The van der Waals surface area contributed by atoms with Crippen LogP contribution in [0.2, 0.25) is 5.02 Å². The molecule has 2 rings (SSSR count). The number of hydrogen-bond acceptors (Lipinski definition) is 2. The summed E-state index contributed by atoms with van der Waals surface area (Å²) >= 11 is 6.16. The molecule has 1 aliphatic rings. The molecule has 18 heavy (non-hydrogen) atoms. The summed E-state index contributed by atoms with van der Waals surface area (Å²) in [6.07, 6.45) is 4.69. The van der Waals surface area contributed by atoms with Gasteiger partial charge in [0, 0.05) is 29.3 Å². The van der Waals surface area contributed by atoms with Crippen LogP contribution < -0.4 is 10.6 Å². The topological polar surface area (TPSA) is 29.3 Å². The maximum absolute atomic E-state index is 6.16. The van der Waals surface area contributed by atoms with Crippen molar-refractivity contribution in [2.45, 2.75) is 51.6 Å². The molecule has 1 aliphatic heterocycles. The lowest BCUT2D eigenvalue weighted by molar-refractivity contribution is 0.641. The van der Waals surface area contributed by atoms with Gasteiger partial charge in [0.2, 0.25) is 0 Å². The minimum Gasteiger partial charge on any atom is -0.368 e. The summed E-state index contributed by atoms with van der Waals surface area (Å²) in [6, 6.07) is 7.06. The zero-order valence-corrected chi connectivity index (χ0v) is 12.1. The van der Waals surface area contributed by atoms with E-state index in [0.717, 1.165) is 18.0 Å². The van der Waals surface area contributed by atoms with E-state index in [1.807, 2.05) is 6.07 Å². The Morgan fingerprint density at radius 1 is 1.50 bits per heavy atom. The van der Waals surface area contributed by atoms with Crippen molar-refractivity contribution in [2.75, 3.05) is 11.4 Å². The Morgan fingerprint density at radius 3 is 2.94 bits per heavy atom. The average Bonchev–Trinajstić information content (AvgIpc) is 2.79. The highest BCUT2D eigenvalue weighted by atomic mass is 35.5. The Balaban J connectivity index is 2.31. The number of rotatable bonds is 4. The summed E-state index contributed by atoms with van der Waals surface area (Å²) in [4.78, 5) is 2.52. The van der Waals surface area contributed by atoms with Crippen molar-refractivity contribution in [3.8, 4) is 0 Å². The van der Waals surface area contributed by atoms with Gasteiger partial charge < -0.3 is 10.6 Å². The molecule has 2 unspecified atom stereocenters. The highest BCUT2D eigenvalue weighted by Crippen LogP contribution is 2.32. The Kier molecular flexibility index (Phi) is 4.52. The molecule has 0 bridgehead atoms. The Labute approximate surface area is 115 Å². The molecule has 2 nitrogen and oxygen atoms in total. The smallest absolute Gasteiger partial charge is 0.0426 e. The van der Waals surface area contributed by atoms with Gasteiger partial charge in [0.25, 0.3) is 0 Å². The van der Waals surface area contributed by atoms with Crippen LogP contribution in [0.4, 0.5) is 5.69 Å². The van der Waals surface area contributed by atoms with Crippen LogP contribution in [0.3, 0.4) is 0 Å². The fourth-order valence-corrected chi connectivity index (χ4v) is 3.07. The first-order chi connectivity index (χ1) is 8.61. The van der Waals surface area contributed by atoms with Gasteiger partial charge in [0.1, 0.15) is 0 Å². The SMILES string of the molecule is CCC1CCCN1c1cc(Cl)ccc1CC(C)N. The second-order valence-electron chi connectivity index (χ2n) is 5.35. The van der Waals surface area contributed by atoms with Crippen molar-refractivity contribution in [3.63, 3.8) is 0 Å². The van der Waals surface area contributed by atoms with E-state index in [2.05, 4.69) is 30.9 Å². The van der Waals surface area contributed by atoms with Gasteiger partial charge in [-0.3, -0.25) is 0 Å². The lowest BCUT2D eigenvalue weighted by atomic mass is 10.0. The van der Waals surface area contributed by atoms with Gasteiger partial charge in [0.05, 0.1) is 0 Å². The monoisotopic (exact) mass is 266 g/mol. The molecule has 0 amide bonds. The summed E-state index contributed by atoms with van der Waals surface area (Å²) in [5, 5.41) is 0.820. The lowest BCUT2D eigenvalue weighted by Crippen LogP contribution is -2.30. The molecule has 1 saturated heterocycles. The van der Waals surface area contributed by atoms with Gasteiger partial charge in [0.15, 0.2) is 0 Å². The Bertz CT molecular complexity index is 403. The highest BCUT2D eigenvalue weighted by Gasteiger charge is 2.25. The van der Waals surface area contributed by atoms with Crippen molar-refractivity contribution < 1.29 is 0 Å². The van der Waals surface area contributed by atoms with E-state index in [1.54, 1.807) is 0 Å². The van der Waals surface area contributed by atoms with Gasteiger partial charge in [-0.05, 0) is 50.3 Å². The molecular formula is C15H23ClN2. The third kappa shape index (κ3) is 2.99. The van der Waals surface area contributed by atoms with Gasteiger partial charge >= 0.3 is 0 Å². The van der Waals surface area contributed by atoms with Crippen molar-refractivity contribution in [3.05, 3.63) is 28.8 Å². The first-order valence-electron chi connectivity index (χ1n) is 6.92. The fraction of sp³-hybridized carbons (Fsp3) is 0.600. The van der Waals surface area contributed by atoms with Crippen LogP contribution in [-0.4, -0.2) is 18.6 Å². The fourth-order valence-electron chi connectivity index (χ4n) is 2.90. The summed E-state index contributed by atoms with van der Waals surface area (Å²) in [5.74, 6) is 0. The molecule has 0 spiro atoms. The molecule has 2 atom stereocenters. The second-order valence-corrected chi connectivity index (χ2v) is 5.79. The molecule has 1 heterocycles. The van der Waals surface area contributed by atoms with E-state index >= 15 is 0 Å². The second kappa shape index (κ2) is 5.94. The third-order valence-corrected chi connectivity index (χ3v) is 3.98. The lowest BCUT2D eigenvalue weighted by Gasteiger charge is -2.29. The number of halogens is 1. The predicted molar refractivity (Wildman–Crippen MR) is 79.5 cm³/mol. The number of hydrogen-bond donors (Lipinski definition) is 1. The summed E-state index contributed by atoms with van der Waals surface area (Å²) < 4.78 is 0. The van der Waals surface area contributed by atoms with E-state index in [1.165, 1.54) is 30.5 Å². The zero-order valence-electron chi connectivity index (χ0n) is 11.3. The van der Waals surface area contributed by atoms with E-state index < -0.39 is 0 Å². The van der Waals surface area contributed by atoms with E-state index in [9.17, 15) is 0 Å². The maximum Gasteiger partial charge on any atom is 0.0426 e. The van der Waals surface area contributed by atoms with Crippen LogP contribution in [-0.2, 0) is 6.42 Å². The van der Waals surface area contributed by atoms with Crippen LogP contribution in [0.1, 0.15) is 38.7 Å². The van der Waals surface area contributed by atoms with Crippen molar-refractivity contribution in [1.29, 1.82) is 0 Å². The zero-order chi connectivity index (χ0) is 13.1. The van der Waals surface area contributed by atoms with Crippen LogP contribution >= 0.6 is 11.6 Å². The van der Waals surface area contributed by atoms with Gasteiger partial charge in [-0.25, -0.2) is 0 Å². The molecule has 100 valence electrons. The van der Waals surface area contributed by atoms with Crippen molar-refractivity contribution in [1.82, 2.24) is 0 Å². The average molecular weight is 267 g/mol. The standard InChI is InChI=1S/C15H23ClN2/c1-3-14-5-4-8-18(14)15-10-13(16)7-6-12(15)9-11(2)17/h6-7,10-11,14H,3-5,8-9,17H2,1-2H3. The third-order valence-electron chi connectivity index (χ3n) is 3.75.